The molecule has 0 radical (unpaired) electrons. The van der Waals surface area contributed by atoms with Crippen LogP contribution in [0.25, 0.3) is 0 Å². The molecule has 0 atom stereocenters. The largest absolute Gasteiger partial charge is 0.356 e. The van der Waals surface area contributed by atoms with Crippen molar-refractivity contribution in [1.29, 1.82) is 0 Å². The molecule has 0 fully saturated rings. The van der Waals surface area contributed by atoms with Crippen LogP contribution in [0.15, 0.2) is 23.2 Å². The summed E-state index contributed by atoms with van der Waals surface area (Å²) in [5, 5.41) is 6.14. The van der Waals surface area contributed by atoms with Crippen molar-refractivity contribution in [3.8, 4) is 0 Å². The highest BCUT2D eigenvalue weighted by Gasteiger charge is 2.06. The van der Waals surface area contributed by atoms with Crippen molar-refractivity contribution in [2.24, 2.45) is 4.99 Å². The number of carbonyl (C=O) groups is 1. The van der Waals surface area contributed by atoms with E-state index in [1.165, 1.54) is 11.0 Å². The molecular formula is C16H25F2IN4OS. The molecule has 0 saturated heterocycles. The van der Waals surface area contributed by atoms with Gasteiger partial charge in [-0.25, -0.2) is 13.8 Å². The SMILES string of the molecule is CSCCNC(=NCC(=O)N(C)C)NCCc1cc(F)ccc1F.I. The van der Waals surface area contributed by atoms with Gasteiger partial charge >= 0.3 is 0 Å². The summed E-state index contributed by atoms with van der Waals surface area (Å²) in [6, 6.07) is 3.40. The third-order valence-electron chi connectivity index (χ3n) is 3.16. The maximum absolute atomic E-state index is 13.6. The third-order valence-corrected chi connectivity index (χ3v) is 3.78. The van der Waals surface area contributed by atoms with Crippen molar-refractivity contribution in [1.82, 2.24) is 15.5 Å². The fraction of sp³-hybridized carbons (Fsp3) is 0.500. The number of guanidine groups is 1. The summed E-state index contributed by atoms with van der Waals surface area (Å²) in [4.78, 5) is 17.3. The maximum Gasteiger partial charge on any atom is 0.243 e. The zero-order valence-corrected chi connectivity index (χ0v) is 17.8. The summed E-state index contributed by atoms with van der Waals surface area (Å²) in [6.45, 7) is 1.09. The molecule has 0 saturated carbocycles. The Bertz CT molecular complexity index is 573. The van der Waals surface area contributed by atoms with E-state index in [1.807, 2.05) is 6.26 Å². The summed E-state index contributed by atoms with van der Waals surface area (Å²) in [5.74, 6) is 0.360. The van der Waals surface area contributed by atoms with E-state index in [4.69, 9.17) is 0 Å². The number of hydrogen-bond acceptors (Lipinski definition) is 3. The number of thioether (sulfide) groups is 1. The second-order valence-electron chi connectivity index (χ2n) is 5.29. The first-order chi connectivity index (χ1) is 11.4. The molecule has 2 N–H and O–H groups in total. The molecule has 0 unspecified atom stereocenters. The predicted octanol–water partition coefficient (Wildman–Crippen LogP) is 2.11. The average molecular weight is 486 g/mol. The lowest BCUT2D eigenvalue weighted by Crippen LogP contribution is -2.40. The highest BCUT2D eigenvalue weighted by Crippen LogP contribution is 2.09. The number of benzene rings is 1. The smallest absolute Gasteiger partial charge is 0.243 e. The number of halogens is 3. The van der Waals surface area contributed by atoms with Gasteiger partial charge in [-0.2, -0.15) is 11.8 Å². The lowest BCUT2D eigenvalue weighted by atomic mass is 10.1. The zero-order chi connectivity index (χ0) is 17.9. The van der Waals surface area contributed by atoms with Crippen molar-refractivity contribution >= 4 is 47.6 Å². The standard InChI is InChI=1S/C16H24F2N4OS.HI/c1-22(2)15(23)11-21-16(20-8-9-24-3)19-7-6-12-10-13(17)4-5-14(12)18;/h4-5,10H,6-9,11H2,1-3H3,(H2,19,20,21);1H. The number of aliphatic imine (C=N–C) groups is 1. The molecule has 9 heteroatoms. The van der Waals surface area contributed by atoms with E-state index >= 15 is 0 Å². The van der Waals surface area contributed by atoms with Gasteiger partial charge in [0.2, 0.25) is 5.91 Å². The molecule has 5 nitrogen and oxygen atoms in total. The average Bonchev–Trinajstić information content (AvgIpc) is 2.54. The predicted molar refractivity (Wildman–Crippen MR) is 111 cm³/mol. The van der Waals surface area contributed by atoms with Crippen LogP contribution in [0.3, 0.4) is 0 Å². The second kappa shape index (κ2) is 13.2. The zero-order valence-electron chi connectivity index (χ0n) is 14.6. The first kappa shape index (κ1) is 23.9. The summed E-state index contributed by atoms with van der Waals surface area (Å²) >= 11 is 1.69. The number of carbonyl (C=O) groups excluding carboxylic acids is 1. The molecule has 0 bridgehead atoms. The van der Waals surface area contributed by atoms with E-state index in [2.05, 4.69) is 15.6 Å². The summed E-state index contributed by atoms with van der Waals surface area (Å²) < 4.78 is 26.7. The van der Waals surface area contributed by atoms with Crippen LogP contribution in [-0.4, -0.2) is 62.5 Å². The minimum atomic E-state index is -0.463. The van der Waals surface area contributed by atoms with E-state index < -0.39 is 11.6 Å². The summed E-state index contributed by atoms with van der Waals surface area (Å²) in [7, 11) is 3.33. The Hall–Kier alpha value is -1.10. The monoisotopic (exact) mass is 486 g/mol. The van der Waals surface area contributed by atoms with Crippen molar-refractivity contribution < 1.29 is 13.6 Å². The lowest BCUT2D eigenvalue weighted by Gasteiger charge is -2.13. The Morgan fingerprint density at radius 2 is 1.92 bits per heavy atom. The highest BCUT2D eigenvalue weighted by molar-refractivity contribution is 14.0. The van der Waals surface area contributed by atoms with Gasteiger partial charge in [0.25, 0.3) is 0 Å². The third kappa shape index (κ3) is 9.83. The quantitative estimate of drug-likeness (QED) is 0.256. The number of nitrogens with one attached hydrogen (secondary N) is 2. The molecule has 1 aromatic rings. The molecule has 1 aromatic carbocycles. The molecule has 142 valence electrons. The van der Waals surface area contributed by atoms with Gasteiger partial charge in [-0.15, -0.1) is 24.0 Å². The van der Waals surface area contributed by atoms with Crippen molar-refractivity contribution in [3.63, 3.8) is 0 Å². The van der Waals surface area contributed by atoms with Crippen LogP contribution < -0.4 is 10.6 Å². The molecule has 0 aliphatic rings. The number of rotatable bonds is 8. The number of likely N-dealkylation sites (N-methyl/N-ethyl adjacent to an activating group) is 1. The van der Waals surface area contributed by atoms with E-state index in [1.54, 1.807) is 25.9 Å². The van der Waals surface area contributed by atoms with E-state index in [0.717, 1.165) is 17.9 Å². The molecule has 25 heavy (non-hydrogen) atoms. The number of hydrogen-bond donors (Lipinski definition) is 2. The van der Waals surface area contributed by atoms with Crippen LogP contribution in [0, 0.1) is 11.6 Å². The van der Waals surface area contributed by atoms with Crippen LogP contribution in [-0.2, 0) is 11.2 Å². The fourth-order valence-electron chi connectivity index (χ4n) is 1.78. The van der Waals surface area contributed by atoms with Gasteiger partial charge in [0, 0.05) is 32.9 Å². The summed E-state index contributed by atoms with van der Waals surface area (Å²) in [6.07, 6.45) is 2.31. The highest BCUT2D eigenvalue weighted by atomic mass is 127. The minimum absolute atomic E-state index is 0. The fourth-order valence-corrected chi connectivity index (χ4v) is 2.09. The maximum atomic E-state index is 13.6. The van der Waals surface area contributed by atoms with E-state index in [-0.39, 0.29) is 36.4 Å². The molecule has 0 aliphatic heterocycles. The Kier molecular flexibility index (Phi) is 12.6. The Morgan fingerprint density at radius 3 is 2.56 bits per heavy atom. The van der Waals surface area contributed by atoms with Crippen molar-refractivity contribution in [3.05, 3.63) is 35.4 Å². The molecule has 0 aliphatic carbocycles. The van der Waals surface area contributed by atoms with Crippen LogP contribution in [0.2, 0.25) is 0 Å². The Morgan fingerprint density at radius 1 is 1.24 bits per heavy atom. The van der Waals surface area contributed by atoms with Crippen LogP contribution in [0.5, 0.6) is 0 Å². The number of amides is 1. The van der Waals surface area contributed by atoms with E-state index in [9.17, 15) is 13.6 Å². The topological polar surface area (TPSA) is 56.7 Å². The molecular weight excluding hydrogens is 461 g/mol. The van der Waals surface area contributed by atoms with Gasteiger partial charge in [-0.3, -0.25) is 4.79 Å². The van der Waals surface area contributed by atoms with Gasteiger partial charge in [0.15, 0.2) is 5.96 Å². The minimum Gasteiger partial charge on any atom is -0.356 e. The van der Waals surface area contributed by atoms with Crippen LogP contribution in [0.4, 0.5) is 8.78 Å². The first-order valence-corrected chi connectivity index (χ1v) is 8.98. The first-order valence-electron chi connectivity index (χ1n) is 7.59. The van der Waals surface area contributed by atoms with Crippen LogP contribution >= 0.6 is 35.7 Å². The Balaban J connectivity index is 0.00000576. The molecule has 1 rings (SSSR count). The van der Waals surface area contributed by atoms with Gasteiger partial charge in [-0.1, -0.05) is 0 Å². The van der Waals surface area contributed by atoms with E-state index in [0.29, 0.717) is 31.0 Å². The van der Waals surface area contributed by atoms with Gasteiger partial charge in [0.05, 0.1) is 0 Å². The van der Waals surface area contributed by atoms with Crippen LogP contribution in [0.1, 0.15) is 5.56 Å². The number of nitrogens with zero attached hydrogens (tertiary/aromatic N) is 2. The molecule has 0 heterocycles. The van der Waals surface area contributed by atoms with Crippen molar-refractivity contribution in [2.45, 2.75) is 6.42 Å². The van der Waals surface area contributed by atoms with Gasteiger partial charge in [-0.05, 0) is 36.4 Å². The van der Waals surface area contributed by atoms with Crippen molar-refractivity contribution in [2.75, 3.05) is 45.7 Å². The van der Waals surface area contributed by atoms with Gasteiger partial charge < -0.3 is 15.5 Å². The normalized spacial score (nSPS) is 10.8. The second-order valence-corrected chi connectivity index (χ2v) is 6.27. The Labute approximate surface area is 169 Å². The lowest BCUT2D eigenvalue weighted by molar-refractivity contribution is -0.127. The van der Waals surface area contributed by atoms with Gasteiger partial charge in [0.1, 0.15) is 18.2 Å². The summed E-state index contributed by atoms with van der Waals surface area (Å²) in [5.41, 5.74) is 0.301. The molecule has 0 aromatic heterocycles. The molecule has 1 amide bonds. The molecule has 0 spiro atoms.